The number of carbonyl (C=O) groups excluding carboxylic acids is 1. The second-order valence-corrected chi connectivity index (χ2v) is 5.66. The van der Waals surface area contributed by atoms with Gasteiger partial charge in [0.25, 0.3) is 0 Å². The summed E-state index contributed by atoms with van der Waals surface area (Å²) in [5, 5.41) is 12.1. The molecular weight excluding hydrogens is 259 g/mol. The molecule has 6 heteroatoms. The third kappa shape index (κ3) is 5.01. The number of nitrogens with one attached hydrogen (secondary N) is 1. The van der Waals surface area contributed by atoms with E-state index in [4.69, 9.17) is 0 Å². The Hall–Kier alpha value is -0.780. The maximum Gasteiger partial charge on any atom is 0.391 e. The molecule has 1 aliphatic rings. The van der Waals surface area contributed by atoms with Crippen molar-refractivity contribution >= 4 is 5.91 Å². The van der Waals surface area contributed by atoms with Crippen molar-refractivity contribution in [2.24, 2.45) is 17.8 Å². The summed E-state index contributed by atoms with van der Waals surface area (Å²) in [6, 6.07) is 0. The number of aliphatic hydroxyl groups is 1. The maximum absolute atomic E-state index is 12.6. The number of halogens is 3. The smallest absolute Gasteiger partial charge is 0.391 e. The number of alkyl halides is 3. The van der Waals surface area contributed by atoms with Crippen LogP contribution >= 0.6 is 0 Å². The van der Waals surface area contributed by atoms with Crippen LogP contribution in [0.3, 0.4) is 0 Å². The summed E-state index contributed by atoms with van der Waals surface area (Å²) in [4.78, 5) is 11.8. The first-order valence-corrected chi connectivity index (χ1v) is 6.74. The van der Waals surface area contributed by atoms with E-state index >= 15 is 0 Å². The first-order chi connectivity index (χ1) is 8.71. The van der Waals surface area contributed by atoms with Crippen LogP contribution < -0.4 is 5.32 Å². The minimum absolute atomic E-state index is 0.00887. The molecule has 1 amide bonds. The zero-order valence-corrected chi connectivity index (χ0v) is 11.3. The first kappa shape index (κ1) is 16.3. The minimum Gasteiger partial charge on any atom is -0.391 e. The molecule has 0 bridgehead atoms. The molecule has 3 unspecified atom stereocenters. The molecule has 0 aliphatic heterocycles. The van der Waals surface area contributed by atoms with Gasteiger partial charge < -0.3 is 10.4 Å². The van der Waals surface area contributed by atoms with Crippen LogP contribution in [0.1, 0.15) is 39.5 Å². The van der Waals surface area contributed by atoms with Gasteiger partial charge in [-0.05, 0) is 25.2 Å². The minimum atomic E-state index is -4.21. The van der Waals surface area contributed by atoms with Gasteiger partial charge in [0.15, 0.2) is 0 Å². The second kappa shape index (κ2) is 6.59. The van der Waals surface area contributed by atoms with E-state index in [0.29, 0.717) is 12.8 Å². The van der Waals surface area contributed by atoms with Crippen molar-refractivity contribution in [3.8, 4) is 0 Å². The first-order valence-electron chi connectivity index (χ1n) is 6.74. The Morgan fingerprint density at radius 3 is 2.53 bits per heavy atom. The monoisotopic (exact) mass is 281 g/mol. The lowest BCUT2D eigenvalue weighted by Crippen LogP contribution is -2.41. The van der Waals surface area contributed by atoms with E-state index in [2.05, 4.69) is 5.32 Å². The van der Waals surface area contributed by atoms with Crippen LogP contribution in [0.15, 0.2) is 0 Å². The quantitative estimate of drug-likeness (QED) is 0.831. The SMILES string of the molecule is CC(C)C(O)CNC(=O)C1CCCC(C(F)(F)F)C1. The fraction of sp³-hybridized carbons (Fsp3) is 0.923. The van der Waals surface area contributed by atoms with E-state index < -0.39 is 24.1 Å². The van der Waals surface area contributed by atoms with Crippen molar-refractivity contribution in [1.29, 1.82) is 0 Å². The van der Waals surface area contributed by atoms with Gasteiger partial charge in [-0.25, -0.2) is 0 Å². The summed E-state index contributed by atoms with van der Waals surface area (Å²) in [7, 11) is 0. The van der Waals surface area contributed by atoms with Crippen molar-refractivity contribution in [3.05, 3.63) is 0 Å². The molecule has 0 heterocycles. The molecule has 1 fully saturated rings. The van der Waals surface area contributed by atoms with E-state index in [0.717, 1.165) is 0 Å². The molecule has 1 rings (SSSR count). The van der Waals surface area contributed by atoms with Gasteiger partial charge >= 0.3 is 6.18 Å². The number of aliphatic hydroxyl groups excluding tert-OH is 1. The van der Waals surface area contributed by atoms with Crippen LogP contribution in [0.2, 0.25) is 0 Å². The highest BCUT2D eigenvalue weighted by atomic mass is 19.4. The molecule has 0 aromatic rings. The van der Waals surface area contributed by atoms with Crippen molar-refractivity contribution in [2.75, 3.05) is 6.54 Å². The van der Waals surface area contributed by atoms with E-state index in [9.17, 15) is 23.1 Å². The van der Waals surface area contributed by atoms with Crippen LogP contribution in [0, 0.1) is 17.8 Å². The Kier molecular flexibility index (Phi) is 5.64. The van der Waals surface area contributed by atoms with E-state index in [1.54, 1.807) is 0 Å². The Labute approximate surface area is 111 Å². The van der Waals surface area contributed by atoms with Gasteiger partial charge in [0.1, 0.15) is 0 Å². The Bertz CT molecular complexity index is 305. The largest absolute Gasteiger partial charge is 0.391 e. The van der Waals surface area contributed by atoms with Crippen molar-refractivity contribution < 1.29 is 23.1 Å². The van der Waals surface area contributed by atoms with Gasteiger partial charge in [-0.3, -0.25) is 4.79 Å². The highest BCUT2D eigenvalue weighted by Gasteiger charge is 2.43. The van der Waals surface area contributed by atoms with Crippen LogP contribution in [0.25, 0.3) is 0 Å². The molecule has 0 saturated heterocycles. The molecule has 0 aromatic carbocycles. The lowest BCUT2D eigenvalue weighted by molar-refractivity contribution is -0.186. The van der Waals surface area contributed by atoms with E-state index in [-0.39, 0.29) is 31.2 Å². The van der Waals surface area contributed by atoms with Crippen LogP contribution in [-0.2, 0) is 4.79 Å². The van der Waals surface area contributed by atoms with Crippen molar-refractivity contribution in [2.45, 2.75) is 51.8 Å². The Morgan fingerprint density at radius 1 is 1.37 bits per heavy atom. The van der Waals surface area contributed by atoms with E-state index in [1.165, 1.54) is 0 Å². The molecule has 0 spiro atoms. The predicted molar refractivity (Wildman–Crippen MR) is 65.4 cm³/mol. The molecule has 0 aromatic heterocycles. The molecular formula is C13H22F3NO2. The average molecular weight is 281 g/mol. The molecule has 0 radical (unpaired) electrons. The standard InChI is InChI=1S/C13H22F3NO2/c1-8(2)11(18)7-17-12(19)9-4-3-5-10(6-9)13(14,15)16/h8-11,18H,3-7H2,1-2H3,(H,17,19). The molecule has 19 heavy (non-hydrogen) atoms. The molecule has 3 atom stereocenters. The molecule has 112 valence electrons. The number of carbonyl (C=O) groups is 1. The molecule has 1 saturated carbocycles. The second-order valence-electron chi connectivity index (χ2n) is 5.66. The highest BCUT2D eigenvalue weighted by Crippen LogP contribution is 2.39. The fourth-order valence-corrected chi connectivity index (χ4v) is 2.31. The third-order valence-electron chi connectivity index (χ3n) is 3.76. The van der Waals surface area contributed by atoms with E-state index in [1.807, 2.05) is 13.8 Å². The van der Waals surface area contributed by atoms with Crippen LogP contribution in [-0.4, -0.2) is 29.8 Å². The van der Waals surface area contributed by atoms with Crippen LogP contribution in [0.5, 0.6) is 0 Å². The van der Waals surface area contributed by atoms with Crippen molar-refractivity contribution in [1.82, 2.24) is 5.32 Å². The Balaban J connectivity index is 2.44. The summed E-state index contributed by atoms with van der Waals surface area (Å²) in [5.41, 5.74) is 0. The normalized spacial score (nSPS) is 26.3. The summed E-state index contributed by atoms with van der Waals surface area (Å²) >= 11 is 0. The zero-order chi connectivity index (χ0) is 14.6. The van der Waals surface area contributed by atoms with Gasteiger partial charge in [-0.15, -0.1) is 0 Å². The van der Waals surface area contributed by atoms with Gasteiger partial charge in [0, 0.05) is 12.5 Å². The van der Waals surface area contributed by atoms with Crippen molar-refractivity contribution in [3.63, 3.8) is 0 Å². The highest BCUT2D eigenvalue weighted by molar-refractivity contribution is 5.78. The van der Waals surface area contributed by atoms with Gasteiger partial charge in [-0.2, -0.15) is 13.2 Å². The summed E-state index contributed by atoms with van der Waals surface area (Å²) in [5.74, 6) is -2.31. The maximum atomic E-state index is 12.6. The van der Waals surface area contributed by atoms with Gasteiger partial charge in [0.2, 0.25) is 5.91 Å². The number of hydrogen-bond donors (Lipinski definition) is 2. The average Bonchev–Trinajstić information content (AvgIpc) is 2.34. The summed E-state index contributed by atoms with van der Waals surface area (Å²) < 4.78 is 37.9. The zero-order valence-electron chi connectivity index (χ0n) is 11.3. The summed E-state index contributed by atoms with van der Waals surface area (Å²) in [6.45, 7) is 3.73. The topological polar surface area (TPSA) is 49.3 Å². The van der Waals surface area contributed by atoms with Crippen LogP contribution in [0.4, 0.5) is 13.2 Å². The van der Waals surface area contributed by atoms with Gasteiger partial charge in [0.05, 0.1) is 12.0 Å². The molecule has 1 aliphatic carbocycles. The molecule has 3 nitrogen and oxygen atoms in total. The third-order valence-corrected chi connectivity index (χ3v) is 3.76. The Morgan fingerprint density at radius 2 is 2.00 bits per heavy atom. The predicted octanol–water partition coefficient (Wildman–Crippen LogP) is 2.49. The fourth-order valence-electron chi connectivity index (χ4n) is 2.31. The number of hydrogen-bond acceptors (Lipinski definition) is 2. The lowest BCUT2D eigenvalue weighted by Gasteiger charge is -2.30. The molecule has 2 N–H and O–H groups in total. The van der Waals surface area contributed by atoms with Gasteiger partial charge in [-0.1, -0.05) is 20.3 Å². The summed E-state index contributed by atoms with van der Waals surface area (Å²) in [6.07, 6.45) is -3.97. The lowest BCUT2D eigenvalue weighted by atomic mass is 9.80. The number of rotatable bonds is 4. The number of amides is 1.